The van der Waals surface area contributed by atoms with Gasteiger partial charge in [0.15, 0.2) is 0 Å². The summed E-state index contributed by atoms with van der Waals surface area (Å²) >= 11 is 0. The summed E-state index contributed by atoms with van der Waals surface area (Å²) in [7, 11) is 1.83. The molecule has 1 aromatic rings. The molecule has 2 N–H and O–H groups in total. The Morgan fingerprint density at radius 2 is 2.00 bits per heavy atom. The van der Waals surface area contributed by atoms with Gasteiger partial charge in [-0.3, -0.25) is 4.79 Å². The van der Waals surface area contributed by atoms with Gasteiger partial charge in [-0.1, -0.05) is 27.7 Å². The third-order valence-corrected chi connectivity index (χ3v) is 4.44. The van der Waals surface area contributed by atoms with Crippen LogP contribution in [0.25, 0.3) is 0 Å². The van der Waals surface area contributed by atoms with Gasteiger partial charge in [0.2, 0.25) is 0 Å². The lowest BCUT2D eigenvalue weighted by Gasteiger charge is -2.20. The van der Waals surface area contributed by atoms with Crippen LogP contribution < -0.4 is 10.6 Å². The first-order valence-corrected chi connectivity index (χ1v) is 7.78. The summed E-state index contributed by atoms with van der Waals surface area (Å²) in [6.45, 7) is 9.29. The number of hydrogen-bond acceptors (Lipinski definition) is 3. The topological polar surface area (TPSA) is 54.0 Å². The molecule has 1 saturated carbocycles. The average molecular weight is 289 g/mol. The molecule has 4 nitrogen and oxygen atoms in total. The van der Waals surface area contributed by atoms with E-state index in [0.717, 1.165) is 24.5 Å². The predicted octanol–water partition coefficient (Wildman–Crippen LogP) is 3.34. The zero-order valence-electron chi connectivity index (χ0n) is 13.8. The van der Waals surface area contributed by atoms with Crippen LogP contribution in [-0.4, -0.2) is 24.5 Å². The average Bonchev–Trinajstić information content (AvgIpc) is 3.24. The van der Waals surface area contributed by atoms with Gasteiger partial charge in [0.05, 0.1) is 0 Å². The van der Waals surface area contributed by atoms with E-state index in [4.69, 9.17) is 0 Å². The number of anilines is 1. The number of aromatic nitrogens is 1. The van der Waals surface area contributed by atoms with Gasteiger partial charge < -0.3 is 10.6 Å². The molecule has 2 rings (SSSR count). The summed E-state index contributed by atoms with van der Waals surface area (Å²) in [6, 6.07) is 3.72. The molecule has 21 heavy (non-hydrogen) atoms. The molecule has 0 radical (unpaired) electrons. The molecule has 1 aliphatic carbocycles. The predicted molar refractivity (Wildman–Crippen MR) is 86.8 cm³/mol. The van der Waals surface area contributed by atoms with Crippen LogP contribution in [0, 0.1) is 5.41 Å². The number of pyridine rings is 1. The van der Waals surface area contributed by atoms with Gasteiger partial charge in [-0.2, -0.15) is 0 Å². The van der Waals surface area contributed by atoms with Gasteiger partial charge in [0.25, 0.3) is 5.91 Å². The number of nitrogens with zero attached hydrogens (tertiary/aromatic N) is 1. The molecular formula is C17H27N3O. The highest BCUT2D eigenvalue weighted by Crippen LogP contribution is 2.47. The van der Waals surface area contributed by atoms with Gasteiger partial charge >= 0.3 is 0 Å². The van der Waals surface area contributed by atoms with E-state index in [9.17, 15) is 4.79 Å². The monoisotopic (exact) mass is 289 g/mol. The van der Waals surface area contributed by atoms with Crippen LogP contribution in [0.1, 0.15) is 63.0 Å². The van der Waals surface area contributed by atoms with E-state index in [1.807, 2.05) is 19.2 Å². The molecule has 1 aliphatic rings. The number of hydrogen-bond donors (Lipinski definition) is 2. The van der Waals surface area contributed by atoms with Crippen molar-refractivity contribution in [2.24, 2.45) is 5.41 Å². The summed E-state index contributed by atoms with van der Waals surface area (Å²) in [5.41, 5.74) is 1.90. The summed E-state index contributed by atoms with van der Waals surface area (Å²) < 4.78 is 0. The summed E-state index contributed by atoms with van der Waals surface area (Å²) in [5, 5.41) is 6.13. The Bertz CT molecular complexity index is 527. The lowest BCUT2D eigenvalue weighted by atomic mass is 9.90. The van der Waals surface area contributed by atoms with Crippen LogP contribution in [0.15, 0.2) is 12.1 Å². The summed E-state index contributed by atoms with van der Waals surface area (Å²) in [4.78, 5) is 17.0. The van der Waals surface area contributed by atoms with Crippen molar-refractivity contribution in [1.29, 1.82) is 0 Å². The molecule has 4 heteroatoms. The maximum Gasteiger partial charge on any atom is 0.251 e. The Kier molecular flexibility index (Phi) is 4.26. The van der Waals surface area contributed by atoms with Crippen LogP contribution in [0.4, 0.5) is 5.82 Å². The third-order valence-electron chi connectivity index (χ3n) is 4.44. The zero-order valence-corrected chi connectivity index (χ0v) is 13.8. The number of carbonyl (C=O) groups excluding carboxylic acids is 1. The quantitative estimate of drug-likeness (QED) is 0.874. The lowest BCUT2D eigenvalue weighted by Crippen LogP contribution is -2.30. The molecule has 0 aromatic carbocycles. The lowest BCUT2D eigenvalue weighted by molar-refractivity contribution is 0.0944. The molecule has 0 bridgehead atoms. The fraction of sp³-hybridized carbons (Fsp3) is 0.647. The van der Waals surface area contributed by atoms with E-state index in [2.05, 4.69) is 43.3 Å². The van der Waals surface area contributed by atoms with Crippen LogP contribution >= 0.6 is 0 Å². The van der Waals surface area contributed by atoms with E-state index < -0.39 is 0 Å². The second-order valence-corrected chi connectivity index (χ2v) is 7.16. The first-order chi connectivity index (χ1) is 9.79. The Morgan fingerprint density at radius 1 is 1.33 bits per heavy atom. The highest BCUT2D eigenvalue weighted by Gasteiger charge is 2.40. The van der Waals surface area contributed by atoms with Crippen molar-refractivity contribution >= 4 is 11.7 Å². The molecule has 1 aromatic heterocycles. The number of carbonyl (C=O) groups is 1. The smallest absolute Gasteiger partial charge is 0.251 e. The van der Waals surface area contributed by atoms with Gasteiger partial charge in [0.1, 0.15) is 5.82 Å². The number of amides is 1. The van der Waals surface area contributed by atoms with Gasteiger partial charge in [0, 0.05) is 30.3 Å². The largest absolute Gasteiger partial charge is 0.373 e. The van der Waals surface area contributed by atoms with Crippen molar-refractivity contribution < 1.29 is 4.79 Å². The van der Waals surface area contributed by atoms with Gasteiger partial charge in [-0.15, -0.1) is 0 Å². The van der Waals surface area contributed by atoms with Crippen molar-refractivity contribution in [2.45, 2.75) is 52.4 Å². The second-order valence-electron chi connectivity index (χ2n) is 7.16. The minimum atomic E-state index is -0.0803. The first kappa shape index (κ1) is 15.8. The fourth-order valence-electron chi connectivity index (χ4n) is 2.38. The highest BCUT2D eigenvalue weighted by atomic mass is 16.1. The zero-order chi connectivity index (χ0) is 15.7. The fourth-order valence-corrected chi connectivity index (χ4v) is 2.38. The van der Waals surface area contributed by atoms with Gasteiger partial charge in [-0.25, -0.2) is 4.98 Å². The standard InChI is InChI=1S/C17H27N3O/c1-6-17(7-8-17)11-19-15(21)12-9-13(16(2,3)4)20-14(10-12)18-5/h9-10H,6-8,11H2,1-5H3,(H,18,20)(H,19,21). The SMILES string of the molecule is CCC1(CNC(=O)c2cc(NC)nc(C(C)(C)C)c2)CC1. The summed E-state index contributed by atoms with van der Waals surface area (Å²) in [5.74, 6) is 0.739. The normalized spacial score (nSPS) is 16.4. The maximum absolute atomic E-state index is 12.4. The molecule has 0 atom stereocenters. The van der Waals surface area contributed by atoms with Crippen LogP contribution in [0.5, 0.6) is 0 Å². The molecule has 0 aliphatic heterocycles. The van der Waals surface area contributed by atoms with E-state index in [-0.39, 0.29) is 11.3 Å². The van der Waals surface area contributed by atoms with Gasteiger partial charge in [-0.05, 0) is 36.8 Å². The van der Waals surface area contributed by atoms with E-state index >= 15 is 0 Å². The van der Waals surface area contributed by atoms with E-state index in [0.29, 0.717) is 11.0 Å². The first-order valence-electron chi connectivity index (χ1n) is 7.78. The van der Waals surface area contributed by atoms with Crippen molar-refractivity contribution in [3.05, 3.63) is 23.4 Å². The molecule has 1 amide bonds. The van der Waals surface area contributed by atoms with Crippen LogP contribution in [0.3, 0.4) is 0 Å². The minimum Gasteiger partial charge on any atom is -0.373 e. The molecular weight excluding hydrogens is 262 g/mol. The highest BCUT2D eigenvalue weighted by molar-refractivity contribution is 5.95. The molecule has 0 spiro atoms. The van der Waals surface area contributed by atoms with Crippen LogP contribution in [-0.2, 0) is 5.41 Å². The Morgan fingerprint density at radius 3 is 2.48 bits per heavy atom. The molecule has 1 heterocycles. The van der Waals surface area contributed by atoms with E-state index in [1.54, 1.807) is 0 Å². The Balaban J connectivity index is 2.16. The minimum absolute atomic E-state index is 0.000810. The second kappa shape index (κ2) is 5.66. The Hall–Kier alpha value is -1.58. The van der Waals surface area contributed by atoms with Crippen LogP contribution in [0.2, 0.25) is 0 Å². The van der Waals surface area contributed by atoms with Crippen molar-refractivity contribution in [2.75, 3.05) is 18.9 Å². The summed E-state index contributed by atoms with van der Waals surface area (Å²) in [6.07, 6.45) is 3.60. The molecule has 0 unspecified atom stereocenters. The molecule has 116 valence electrons. The van der Waals surface area contributed by atoms with E-state index in [1.165, 1.54) is 12.8 Å². The molecule has 1 fully saturated rings. The Labute approximate surface area is 127 Å². The third kappa shape index (κ3) is 3.74. The maximum atomic E-state index is 12.4. The van der Waals surface area contributed by atoms with Crippen molar-refractivity contribution in [1.82, 2.24) is 10.3 Å². The van der Waals surface area contributed by atoms with Crippen molar-refractivity contribution in [3.63, 3.8) is 0 Å². The number of rotatable bonds is 5. The molecule has 0 saturated heterocycles. The van der Waals surface area contributed by atoms with Crippen molar-refractivity contribution in [3.8, 4) is 0 Å². The number of nitrogens with one attached hydrogen (secondary N) is 2.